The molecule has 1 rings (SSSR count). The molecule has 0 aliphatic rings. The van der Waals surface area contributed by atoms with Gasteiger partial charge in [-0.2, -0.15) is 0 Å². The first-order valence-corrected chi connectivity index (χ1v) is 5.47. The quantitative estimate of drug-likeness (QED) is 0.665. The summed E-state index contributed by atoms with van der Waals surface area (Å²) in [5.74, 6) is 1.18. The highest BCUT2D eigenvalue weighted by Gasteiger charge is 2.31. The molecule has 0 bridgehead atoms. The molecule has 0 amide bonds. The Morgan fingerprint density at radius 1 is 1.50 bits per heavy atom. The Labute approximate surface area is 113 Å². The summed E-state index contributed by atoms with van der Waals surface area (Å²) in [6, 6.07) is 4.07. The minimum atomic E-state index is -4.80. The average Bonchev–Trinajstić information content (AvgIpc) is 2.37. The largest absolute Gasteiger partial charge is 0.573 e. The first-order chi connectivity index (χ1) is 9.37. The van der Waals surface area contributed by atoms with E-state index in [4.69, 9.17) is 6.42 Å². The van der Waals surface area contributed by atoms with Gasteiger partial charge in [0.25, 0.3) is 0 Å². The number of terminal acetylenes is 1. The Morgan fingerprint density at radius 3 is 2.75 bits per heavy atom. The molecular weight excluding hydrogens is 275 g/mol. The normalized spacial score (nSPS) is 12.3. The molecule has 20 heavy (non-hydrogen) atoms. The van der Waals surface area contributed by atoms with E-state index in [-0.39, 0.29) is 12.1 Å². The Balaban J connectivity index is 2.99. The second-order valence-electron chi connectivity index (χ2n) is 3.66. The van der Waals surface area contributed by atoms with Crippen molar-refractivity contribution in [3.8, 4) is 18.1 Å². The number of carbonyl (C=O) groups excluding carboxylic acids is 1. The Morgan fingerprint density at radius 2 is 2.20 bits per heavy atom. The fourth-order valence-electron chi connectivity index (χ4n) is 1.51. The highest BCUT2D eigenvalue weighted by atomic mass is 19.4. The predicted octanol–water partition coefficient (Wildman–Crippen LogP) is 2.02. The Bertz CT molecular complexity index is 508. The van der Waals surface area contributed by atoms with Gasteiger partial charge in [0.2, 0.25) is 0 Å². The van der Waals surface area contributed by atoms with E-state index in [0.717, 1.165) is 12.1 Å². The van der Waals surface area contributed by atoms with Crippen LogP contribution in [0, 0.1) is 12.3 Å². The van der Waals surface area contributed by atoms with Gasteiger partial charge in [-0.25, -0.2) is 4.79 Å². The lowest BCUT2D eigenvalue weighted by Crippen LogP contribution is -2.30. The molecule has 1 atom stereocenters. The molecule has 0 saturated heterocycles. The van der Waals surface area contributed by atoms with Crippen LogP contribution in [0.1, 0.15) is 11.6 Å². The number of benzene rings is 1. The number of rotatable bonds is 5. The lowest BCUT2D eigenvalue weighted by molar-refractivity contribution is -0.274. The molecule has 1 aromatic carbocycles. The van der Waals surface area contributed by atoms with Gasteiger partial charge in [0.05, 0.1) is 13.7 Å². The zero-order chi connectivity index (χ0) is 15.2. The van der Waals surface area contributed by atoms with Crippen molar-refractivity contribution in [1.29, 1.82) is 0 Å². The summed E-state index contributed by atoms with van der Waals surface area (Å²) in [5, 5.41) is 2.68. The van der Waals surface area contributed by atoms with Crippen LogP contribution in [0.25, 0.3) is 0 Å². The lowest BCUT2D eigenvalue weighted by Gasteiger charge is -2.16. The monoisotopic (exact) mass is 287 g/mol. The SMILES string of the molecule is C#CCNC(C(=O)OC)c1cccc(OC(F)(F)F)c1. The van der Waals surface area contributed by atoms with E-state index >= 15 is 0 Å². The van der Waals surface area contributed by atoms with Crippen LogP contribution in [0.2, 0.25) is 0 Å². The average molecular weight is 287 g/mol. The standard InChI is InChI=1S/C13H12F3NO3/c1-3-7-17-11(12(18)19-2)9-5-4-6-10(8-9)20-13(14,15)16/h1,4-6,8,11,17H,7H2,2H3. The van der Waals surface area contributed by atoms with Gasteiger partial charge in [-0.05, 0) is 17.7 Å². The number of esters is 1. The molecule has 0 saturated carbocycles. The molecule has 0 heterocycles. The number of ether oxygens (including phenoxy) is 2. The van der Waals surface area contributed by atoms with Crippen molar-refractivity contribution in [1.82, 2.24) is 5.32 Å². The maximum Gasteiger partial charge on any atom is 0.573 e. The third-order valence-electron chi connectivity index (χ3n) is 2.27. The number of nitrogens with one attached hydrogen (secondary N) is 1. The first-order valence-electron chi connectivity index (χ1n) is 5.47. The van der Waals surface area contributed by atoms with E-state index in [9.17, 15) is 18.0 Å². The van der Waals surface area contributed by atoms with Gasteiger partial charge >= 0.3 is 12.3 Å². The van der Waals surface area contributed by atoms with Gasteiger partial charge < -0.3 is 9.47 Å². The minimum absolute atomic E-state index is 0.0596. The number of carbonyl (C=O) groups is 1. The molecular formula is C13H12F3NO3. The zero-order valence-corrected chi connectivity index (χ0v) is 10.5. The van der Waals surface area contributed by atoms with Crippen LogP contribution in [0.4, 0.5) is 13.2 Å². The third-order valence-corrected chi connectivity index (χ3v) is 2.27. The third kappa shape index (κ3) is 4.82. The van der Waals surface area contributed by atoms with Crippen LogP contribution in [-0.2, 0) is 9.53 Å². The van der Waals surface area contributed by atoms with Crippen LogP contribution >= 0.6 is 0 Å². The highest BCUT2D eigenvalue weighted by Crippen LogP contribution is 2.25. The number of halogens is 3. The van der Waals surface area contributed by atoms with Crippen molar-refractivity contribution in [3.05, 3.63) is 29.8 Å². The predicted molar refractivity (Wildman–Crippen MR) is 64.7 cm³/mol. The molecule has 0 aliphatic heterocycles. The minimum Gasteiger partial charge on any atom is -0.468 e. The topological polar surface area (TPSA) is 47.6 Å². The number of alkyl halides is 3. The van der Waals surface area contributed by atoms with Gasteiger partial charge in [-0.15, -0.1) is 19.6 Å². The van der Waals surface area contributed by atoms with Crippen LogP contribution in [0.15, 0.2) is 24.3 Å². The Kier molecular flexibility index (Phi) is 5.41. The second kappa shape index (κ2) is 6.82. The molecule has 0 radical (unpaired) electrons. The van der Waals surface area contributed by atoms with Gasteiger partial charge in [0, 0.05) is 0 Å². The van der Waals surface area contributed by atoms with E-state index < -0.39 is 24.1 Å². The summed E-state index contributed by atoms with van der Waals surface area (Å²) in [6.07, 6.45) is 0.272. The van der Waals surface area contributed by atoms with Gasteiger partial charge in [0.1, 0.15) is 11.8 Å². The van der Waals surface area contributed by atoms with Gasteiger partial charge in [-0.3, -0.25) is 5.32 Å². The molecule has 1 aromatic rings. The molecule has 1 N–H and O–H groups in total. The fraction of sp³-hybridized carbons (Fsp3) is 0.308. The summed E-state index contributed by atoms with van der Waals surface area (Å²) in [6.45, 7) is 0.0596. The van der Waals surface area contributed by atoms with Crippen LogP contribution in [0.5, 0.6) is 5.75 Å². The van der Waals surface area contributed by atoms with E-state index in [1.54, 1.807) is 0 Å². The molecule has 7 heteroatoms. The van der Waals surface area contributed by atoms with E-state index in [0.29, 0.717) is 0 Å². The highest BCUT2D eigenvalue weighted by molar-refractivity contribution is 5.77. The first kappa shape index (κ1) is 15.9. The van der Waals surface area contributed by atoms with Crippen LogP contribution in [0.3, 0.4) is 0 Å². The molecule has 108 valence electrons. The molecule has 0 aliphatic carbocycles. The summed E-state index contributed by atoms with van der Waals surface area (Å²) in [5.41, 5.74) is 0.258. The molecule has 0 fully saturated rings. The summed E-state index contributed by atoms with van der Waals surface area (Å²) in [4.78, 5) is 11.6. The zero-order valence-electron chi connectivity index (χ0n) is 10.5. The lowest BCUT2D eigenvalue weighted by atomic mass is 10.1. The molecule has 0 aromatic heterocycles. The van der Waals surface area contributed by atoms with Crippen molar-refractivity contribution in [2.45, 2.75) is 12.4 Å². The molecule has 4 nitrogen and oxygen atoms in total. The van der Waals surface area contributed by atoms with Crippen LogP contribution < -0.4 is 10.1 Å². The van der Waals surface area contributed by atoms with Crippen molar-refractivity contribution >= 4 is 5.97 Å². The summed E-state index contributed by atoms with van der Waals surface area (Å²) >= 11 is 0. The molecule has 0 spiro atoms. The van der Waals surface area contributed by atoms with Gasteiger partial charge in [-0.1, -0.05) is 18.1 Å². The summed E-state index contributed by atoms with van der Waals surface area (Å²) < 4.78 is 44.8. The second-order valence-corrected chi connectivity index (χ2v) is 3.66. The van der Waals surface area contributed by atoms with Crippen molar-refractivity contribution in [3.63, 3.8) is 0 Å². The van der Waals surface area contributed by atoms with E-state index in [2.05, 4.69) is 20.7 Å². The van der Waals surface area contributed by atoms with E-state index in [1.165, 1.54) is 19.2 Å². The Hall–Kier alpha value is -2.20. The maximum atomic E-state index is 12.1. The van der Waals surface area contributed by atoms with Crippen molar-refractivity contribution < 1.29 is 27.4 Å². The van der Waals surface area contributed by atoms with Gasteiger partial charge in [0.15, 0.2) is 0 Å². The maximum absolute atomic E-state index is 12.1. The number of hydrogen-bond acceptors (Lipinski definition) is 4. The number of hydrogen-bond donors (Lipinski definition) is 1. The van der Waals surface area contributed by atoms with Crippen molar-refractivity contribution in [2.75, 3.05) is 13.7 Å². The smallest absolute Gasteiger partial charge is 0.468 e. The van der Waals surface area contributed by atoms with Crippen LogP contribution in [-0.4, -0.2) is 26.0 Å². The summed E-state index contributed by atoms with van der Waals surface area (Å²) in [7, 11) is 1.17. The fourth-order valence-corrected chi connectivity index (χ4v) is 1.51. The van der Waals surface area contributed by atoms with E-state index in [1.807, 2.05) is 0 Å². The molecule has 1 unspecified atom stereocenters. The van der Waals surface area contributed by atoms with Crippen molar-refractivity contribution in [2.24, 2.45) is 0 Å². The number of methoxy groups -OCH3 is 1.